The second kappa shape index (κ2) is 7.88. The minimum atomic E-state index is -1.75. The van der Waals surface area contributed by atoms with E-state index in [0.29, 0.717) is 33.9 Å². The van der Waals surface area contributed by atoms with Crippen LogP contribution in [0.25, 0.3) is 11.4 Å². The lowest BCUT2D eigenvalue weighted by atomic mass is 10.2. The van der Waals surface area contributed by atoms with Crippen LogP contribution in [0.5, 0.6) is 0 Å². The fraction of sp³-hybridized carbons (Fsp3) is 0.0556. The minimum Gasteiger partial charge on any atom is -0.467 e. The molecule has 3 aromatic heterocycles. The zero-order chi connectivity index (χ0) is 20.5. The van der Waals surface area contributed by atoms with Crippen molar-refractivity contribution >= 4 is 23.4 Å². The summed E-state index contributed by atoms with van der Waals surface area (Å²) in [5.74, 6) is -5.88. The lowest BCUT2D eigenvalue weighted by Crippen LogP contribution is -2.06. The highest BCUT2D eigenvalue weighted by Crippen LogP contribution is 2.35. The van der Waals surface area contributed by atoms with Crippen molar-refractivity contribution in [2.45, 2.75) is 16.6 Å². The van der Waals surface area contributed by atoms with Crippen LogP contribution < -0.4 is 0 Å². The van der Waals surface area contributed by atoms with Crippen molar-refractivity contribution in [1.29, 1.82) is 0 Å². The minimum absolute atomic E-state index is 0.00542. The average molecular weight is 441 g/mol. The first-order valence-electron chi connectivity index (χ1n) is 8.03. The number of aromatic nitrogens is 4. The van der Waals surface area contributed by atoms with Crippen LogP contribution in [0, 0.1) is 23.5 Å². The molecule has 3 heterocycles. The third kappa shape index (κ3) is 3.85. The Morgan fingerprint density at radius 2 is 1.66 bits per heavy atom. The van der Waals surface area contributed by atoms with Gasteiger partial charge < -0.3 is 4.42 Å². The summed E-state index contributed by atoms with van der Waals surface area (Å²) in [6.07, 6.45) is 1.46. The predicted octanol–water partition coefficient (Wildman–Crippen LogP) is 5.34. The standard InChI is InChI=1S/C18H9ClF4N4OS/c19-10-5-3-9(4-6-10)17-25-26-18(27(17)8-11-2-1-7-28-11)29-14-12(20)15(22)24-16(23)13(14)21/h1-7H,8H2. The summed E-state index contributed by atoms with van der Waals surface area (Å²) in [5.41, 5.74) is 0.619. The van der Waals surface area contributed by atoms with Gasteiger partial charge in [0.25, 0.3) is 11.9 Å². The Morgan fingerprint density at radius 1 is 0.966 bits per heavy atom. The van der Waals surface area contributed by atoms with Crippen molar-refractivity contribution in [2.75, 3.05) is 0 Å². The molecule has 0 atom stereocenters. The van der Waals surface area contributed by atoms with Gasteiger partial charge in [-0.15, -0.1) is 10.2 Å². The Morgan fingerprint density at radius 3 is 2.28 bits per heavy atom. The number of nitrogens with zero attached hydrogens (tertiary/aromatic N) is 4. The summed E-state index contributed by atoms with van der Waals surface area (Å²) < 4.78 is 61.9. The topological polar surface area (TPSA) is 56.7 Å². The summed E-state index contributed by atoms with van der Waals surface area (Å²) in [4.78, 5) is 1.64. The molecule has 5 nitrogen and oxygen atoms in total. The van der Waals surface area contributed by atoms with Gasteiger partial charge in [0.1, 0.15) is 5.76 Å². The van der Waals surface area contributed by atoms with Gasteiger partial charge in [0.05, 0.1) is 17.7 Å². The number of halogens is 5. The van der Waals surface area contributed by atoms with Crippen molar-refractivity contribution in [1.82, 2.24) is 19.7 Å². The van der Waals surface area contributed by atoms with Crippen molar-refractivity contribution in [3.05, 3.63) is 77.0 Å². The first-order valence-corrected chi connectivity index (χ1v) is 9.23. The summed E-state index contributed by atoms with van der Waals surface area (Å²) in [6.45, 7) is 0.111. The highest BCUT2D eigenvalue weighted by Gasteiger charge is 2.25. The van der Waals surface area contributed by atoms with Gasteiger partial charge in [-0.05, 0) is 48.2 Å². The Balaban J connectivity index is 1.81. The molecule has 11 heteroatoms. The lowest BCUT2D eigenvalue weighted by Gasteiger charge is -2.10. The largest absolute Gasteiger partial charge is 0.467 e. The van der Waals surface area contributed by atoms with Crippen molar-refractivity contribution < 1.29 is 22.0 Å². The SMILES string of the molecule is Fc1nc(F)c(F)c(Sc2nnc(-c3ccc(Cl)cc3)n2Cc2ccco2)c1F. The Kier molecular flexibility index (Phi) is 5.29. The van der Waals surface area contributed by atoms with Gasteiger partial charge in [-0.2, -0.15) is 13.8 Å². The molecule has 0 amide bonds. The number of benzene rings is 1. The molecule has 0 saturated carbocycles. The zero-order valence-corrected chi connectivity index (χ0v) is 15.8. The number of pyridine rings is 1. The monoisotopic (exact) mass is 440 g/mol. The van der Waals surface area contributed by atoms with Crippen molar-refractivity contribution in [2.24, 2.45) is 0 Å². The molecule has 0 saturated heterocycles. The number of rotatable bonds is 5. The van der Waals surface area contributed by atoms with E-state index in [4.69, 9.17) is 16.0 Å². The fourth-order valence-electron chi connectivity index (χ4n) is 2.53. The predicted molar refractivity (Wildman–Crippen MR) is 96.5 cm³/mol. The molecule has 1 aromatic carbocycles. The van der Waals surface area contributed by atoms with Crippen LogP contribution in [0.4, 0.5) is 17.6 Å². The highest BCUT2D eigenvalue weighted by atomic mass is 35.5. The number of hydrogen-bond acceptors (Lipinski definition) is 5. The van der Waals surface area contributed by atoms with E-state index in [-0.39, 0.29) is 11.7 Å². The molecular weight excluding hydrogens is 432 g/mol. The van der Waals surface area contributed by atoms with Gasteiger partial charge in [0.15, 0.2) is 22.6 Å². The Labute approximate surface area is 170 Å². The molecule has 29 heavy (non-hydrogen) atoms. The maximum absolute atomic E-state index is 14.1. The van der Waals surface area contributed by atoms with Gasteiger partial charge in [-0.3, -0.25) is 4.57 Å². The van der Waals surface area contributed by atoms with Crippen LogP contribution in [-0.4, -0.2) is 19.7 Å². The Bertz CT molecular complexity index is 1140. The van der Waals surface area contributed by atoms with E-state index in [1.807, 2.05) is 0 Å². The van der Waals surface area contributed by atoms with Crippen LogP contribution >= 0.6 is 23.4 Å². The number of hydrogen-bond donors (Lipinski definition) is 0. The second-order valence-corrected chi connectivity index (χ2v) is 7.15. The summed E-state index contributed by atoms with van der Waals surface area (Å²) >= 11 is 6.30. The molecule has 0 aliphatic carbocycles. The zero-order valence-electron chi connectivity index (χ0n) is 14.2. The molecule has 4 aromatic rings. The first-order chi connectivity index (χ1) is 13.9. The van der Waals surface area contributed by atoms with Crippen LogP contribution in [-0.2, 0) is 6.54 Å². The van der Waals surface area contributed by atoms with Gasteiger partial charge in [-0.25, -0.2) is 8.78 Å². The lowest BCUT2D eigenvalue weighted by molar-refractivity contribution is 0.383. The van der Waals surface area contributed by atoms with E-state index in [0.717, 1.165) is 0 Å². The molecule has 0 aliphatic heterocycles. The molecule has 0 radical (unpaired) electrons. The van der Waals surface area contributed by atoms with E-state index >= 15 is 0 Å². The van der Waals surface area contributed by atoms with Gasteiger partial charge >= 0.3 is 0 Å². The summed E-state index contributed by atoms with van der Waals surface area (Å²) in [6, 6.07) is 10.0. The molecule has 0 aliphatic rings. The average Bonchev–Trinajstić information content (AvgIpc) is 3.35. The van der Waals surface area contributed by atoms with Crippen LogP contribution in [0.1, 0.15) is 5.76 Å². The second-order valence-electron chi connectivity index (χ2n) is 5.73. The highest BCUT2D eigenvalue weighted by molar-refractivity contribution is 7.99. The van der Waals surface area contributed by atoms with Crippen LogP contribution in [0.3, 0.4) is 0 Å². The number of furan rings is 1. The molecule has 0 bridgehead atoms. The maximum Gasteiger partial charge on any atom is 0.252 e. The molecule has 0 spiro atoms. The molecular formula is C18H9ClF4N4OS. The quantitative estimate of drug-likeness (QED) is 0.309. The maximum atomic E-state index is 14.1. The third-order valence-corrected chi connectivity index (χ3v) is 5.16. The van der Waals surface area contributed by atoms with Gasteiger partial charge in [0, 0.05) is 10.6 Å². The molecule has 4 rings (SSSR count). The van der Waals surface area contributed by atoms with Crippen molar-refractivity contribution in [3.8, 4) is 11.4 Å². The summed E-state index contributed by atoms with van der Waals surface area (Å²) in [7, 11) is 0. The van der Waals surface area contributed by atoms with E-state index in [1.54, 1.807) is 36.4 Å². The molecule has 0 unspecified atom stereocenters. The van der Waals surface area contributed by atoms with Gasteiger partial charge in [-0.1, -0.05) is 11.6 Å². The van der Waals surface area contributed by atoms with E-state index in [2.05, 4.69) is 15.2 Å². The summed E-state index contributed by atoms with van der Waals surface area (Å²) in [5, 5.41) is 8.49. The molecule has 148 valence electrons. The third-order valence-electron chi connectivity index (χ3n) is 3.86. The van der Waals surface area contributed by atoms with Crippen molar-refractivity contribution in [3.63, 3.8) is 0 Å². The van der Waals surface area contributed by atoms with E-state index in [9.17, 15) is 17.6 Å². The smallest absolute Gasteiger partial charge is 0.252 e. The Hall–Kier alpha value is -2.85. The molecule has 0 fully saturated rings. The van der Waals surface area contributed by atoms with E-state index in [1.165, 1.54) is 10.8 Å². The van der Waals surface area contributed by atoms with Crippen LogP contribution in [0.15, 0.2) is 57.1 Å². The van der Waals surface area contributed by atoms with Gasteiger partial charge in [0.2, 0.25) is 0 Å². The molecule has 0 N–H and O–H groups in total. The normalized spacial score (nSPS) is 11.2. The first kappa shape index (κ1) is 19.5. The fourth-order valence-corrected chi connectivity index (χ4v) is 3.53. The van der Waals surface area contributed by atoms with E-state index < -0.39 is 28.4 Å². The van der Waals surface area contributed by atoms with Crippen LogP contribution in [0.2, 0.25) is 5.02 Å².